The average molecular weight is 448 g/mol. The lowest BCUT2D eigenvalue weighted by Gasteiger charge is -2.36. The molecule has 1 aromatic carbocycles. The molecule has 4 heterocycles. The van der Waals surface area contributed by atoms with Gasteiger partial charge < -0.3 is 9.80 Å². The molecule has 0 amide bonds. The van der Waals surface area contributed by atoms with E-state index in [0.717, 1.165) is 59.3 Å². The van der Waals surface area contributed by atoms with Crippen molar-refractivity contribution < 1.29 is 4.92 Å². The van der Waals surface area contributed by atoms with E-state index in [1.165, 1.54) is 17.0 Å². The van der Waals surface area contributed by atoms with Gasteiger partial charge in [0.2, 0.25) is 0 Å². The summed E-state index contributed by atoms with van der Waals surface area (Å²) in [6.07, 6.45) is 1.64. The van der Waals surface area contributed by atoms with Gasteiger partial charge in [-0.2, -0.15) is 0 Å². The van der Waals surface area contributed by atoms with E-state index in [1.807, 2.05) is 13.0 Å². The molecule has 0 aliphatic carbocycles. The summed E-state index contributed by atoms with van der Waals surface area (Å²) in [7, 11) is 0. The van der Waals surface area contributed by atoms with Crippen molar-refractivity contribution in [3.8, 4) is 11.4 Å². The number of nitro benzene ring substituents is 1. The molecular weight excluding hydrogens is 426 g/mol. The molecular formula is C22H21N7O2S. The number of hydrogen-bond acceptors (Lipinski definition) is 9. The van der Waals surface area contributed by atoms with Crippen LogP contribution in [0.2, 0.25) is 0 Å². The number of anilines is 2. The minimum absolute atomic E-state index is 0.0531. The Balaban J connectivity index is 1.36. The van der Waals surface area contributed by atoms with Gasteiger partial charge in [-0.05, 0) is 32.0 Å². The maximum Gasteiger partial charge on any atom is 0.269 e. The predicted octanol–water partition coefficient (Wildman–Crippen LogP) is 4.00. The molecule has 1 fully saturated rings. The topological polar surface area (TPSA) is 101 Å². The molecule has 0 spiro atoms. The van der Waals surface area contributed by atoms with E-state index in [-0.39, 0.29) is 5.69 Å². The first-order valence-corrected chi connectivity index (χ1v) is 11.1. The molecule has 0 unspecified atom stereocenters. The number of non-ortho nitro benzene ring substituents is 1. The van der Waals surface area contributed by atoms with Gasteiger partial charge in [0.1, 0.15) is 22.8 Å². The van der Waals surface area contributed by atoms with Crippen LogP contribution in [0.1, 0.15) is 10.6 Å². The Morgan fingerprint density at radius 2 is 1.69 bits per heavy atom. The summed E-state index contributed by atoms with van der Waals surface area (Å²) < 4.78 is 0. The van der Waals surface area contributed by atoms with Gasteiger partial charge in [0.25, 0.3) is 5.69 Å². The molecule has 162 valence electrons. The third kappa shape index (κ3) is 3.84. The van der Waals surface area contributed by atoms with Crippen molar-refractivity contribution in [1.29, 1.82) is 0 Å². The van der Waals surface area contributed by atoms with Crippen LogP contribution in [0.4, 0.5) is 17.3 Å². The Hall–Kier alpha value is -3.66. The number of rotatable bonds is 4. The molecule has 10 heteroatoms. The zero-order valence-corrected chi connectivity index (χ0v) is 18.5. The lowest BCUT2D eigenvalue weighted by atomic mass is 10.2. The molecule has 3 aromatic heterocycles. The number of thiophene rings is 1. The van der Waals surface area contributed by atoms with Crippen LogP contribution in [0.15, 0.2) is 42.7 Å². The summed E-state index contributed by atoms with van der Waals surface area (Å²) in [5.74, 6) is 2.43. The highest BCUT2D eigenvalue weighted by Gasteiger charge is 2.22. The minimum Gasteiger partial charge on any atom is -0.353 e. The quantitative estimate of drug-likeness (QED) is 0.342. The van der Waals surface area contributed by atoms with Gasteiger partial charge in [0.05, 0.1) is 10.3 Å². The molecule has 4 aromatic rings. The van der Waals surface area contributed by atoms with E-state index >= 15 is 0 Å². The fraction of sp³-hybridized carbons (Fsp3) is 0.273. The standard InChI is InChI=1S/C22H21N7O2S/c1-14-11-19(26-20(25-14)16-3-5-17(6-4-16)29(30)31)27-7-9-28(10-8-27)21-18-12-15(2)32-22(18)24-13-23-21/h3-6,11-13H,7-10H2,1-2H3. The van der Waals surface area contributed by atoms with Crippen LogP contribution < -0.4 is 9.80 Å². The monoisotopic (exact) mass is 447 g/mol. The van der Waals surface area contributed by atoms with Crippen molar-refractivity contribution >= 4 is 38.9 Å². The minimum atomic E-state index is -0.408. The van der Waals surface area contributed by atoms with E-state index in [0.29, 0.717) is 5.82 Å². The van der Waals surface area contributed by atoms with Gasteiger partial charge in [-0.15, -0.1) is 11.3 Å². The Bertz CT molecular complexity index is 1300. The van der Waals surface area contributed by atoms with Crippen LogP contribution in [-0.2, 0) is 0 Å². The third-order valence-corrected chi connectivity index (χ3v) is 6.47. The maximum atomic E-state index is 10.9. The summed E-state index contributed by atoms with van der Waals surface area (Å²) in [4.78, 5) is 35.6. The number of nitro groups is 1. The van der Waals surface area contributed by atoms with E-state index in [1.54, 1.807) is 29.8 Å². The SMILES string of the molecule is Cc1cc(N2CCN(c3ncnc4sc(C)cc34)CC2)nc(-c2ccc([N+](=O)[O-])cc2)n1. The van der Waals surface area contributed by atoms with Crippen molar-refractivity contribution in [2.24, 2.45) is 0 Å². The number of fused-ring (bicyclic) bond motifs is 1. The first-order valence-electron chi connectivity index (χ1n) is 10.3. The molecule has 5 rings (SSSR count). The number of piperazine rings is 1. The van der Waals surface area contributed by atoms with Crippen LogP contribution in [0, 0.1) is 24.0 Å². The van der Waals surface area contributed by atoms with Crippen molar-refractivity contribution in [2.75, 3.05) is 36.0 Å². The summed E-state index contributed by atoms with van der Waals surface area (Å²) in [6.45, 7) is 7.31. The molecule has 1 aliphatic heterocycles. The molecule has 1 aliphatic rings. The third-order valence-electron chi connectivity index (χ3n) is 5.51. The van der Waals surface area contributed by atoms with Crippen LogP contribution >= 0.6 is 11.3 Å². The first-order chi connectivity index (χ1) is 15.5. The van der Waals surface area contributed by atoms with Crippen molar-refractivity contribution in [3.63, 3.8) is 0 Å². The smallest absolute Gasteiger partial charge is 0.269 e. The lowest BCUT2D eigenvalue weighted by molar-refractivity contribution is -0.384. The number of nitrogens with zero attached hydrogens (tertiary/aromatic N) is 7. The Morgan fingerprint density at radius 1 is 0.969 bits per heavy atom. The first kappa shape index (κ1) is 20.3. The Morgan fingerprint density at radius 3 is 2.41 bits per heavy atom. The molecule has 0 saturated carbocycles. The van der Waals surface area contributed by atoms with Gasteiger partial charge in [-0.3, -0.25) is 10.1 Å². The molecule has 0 radical (unpaired) electrons. The van der Waals surface area contributed by atoms with Gasteiger partial charge in [-0.25, -0.2) is 19.9 Å². The molecule has 0 N–H and O–H groups in total. The fourth-order valence-electron chi connectivity index (χ4n) is 3.94. The highest BCUT2D eigenvalue weighted by molar-refractivity contribution is 7.18. The van der Waals surface area contributed by atoms with Crippen molar-refractivity contribution in [1.82, 2.24) is 19.9 Å². The maximum absolute atomic E-state index is 10.9. The van der Waals surface area contributed by atoms with Gasteiger partial charge in [0.15, 0.2) is 5.82 Å². The van der Waals surface area contributed by atoms with E-state index < -0.39 is 4.92 Å². The number of aryl methyl sites for hydroxylation is 2. The highest BCUT2D eigenvalue weighted by atomic mass is 32.1. The molecule has 1 saturated heterocycles. The van der Waals surface area contributed by atoms with Gasteiger partial charge in [-0.1, -0.05) is 0 Å². The van der Waals surface area contributed by atoms with Crippen LogP contribution in [0.5, 0.6) is 0 Å². The molecule has 32 heavy (non-hydrogen) atoms. The Kier molecular flexibility index (Phi) is 5.14. The van der Waals surface area contributed by atoms with Gasteiger partial charge in [0, 0.05) is 60.5 Å². The largest absolute Gasteiger partial charge is 0.353 e. The molecule has 9 nitrogen and oxygen atoms in total. The zero-order chi connectivity index (χ0) is 22.2. The fourth-order valence-corrected chi connectivity index (χ4v) is 4.78. The second-order valence-corrected chi connectivity index (χ2v) is 8.98. The van der Waals surface area contributed by atoms with Gasteiger partial charge >= 0.3 is 0 Å². The second kappa shape index (κ2) is 8.12. The predicted molar refractivity (Wildman–Crippen MR) is 125 cm³/mol. The number of hydrogen-bond donors (Lipinski definition) is 0. The summed E-state index contributed by atoms with van der Waals surface area (Å²) >= 11 is 1.69. The Labute approximate surface area is 188 Å². The number of benzene rings is 1. The second-order valence-electron chi connectivity index (χ2n) is 7.74. The van der Waals surface area contributed by atoms with Crippen molar-refractivity contribution in [2.45, 2.75) is 13.8 Å². The van der Waals surface area contributed by atoms with E-state index in [9.17, 15) is 10.1 Å². The summed E-state index contributed by atoms with van der Waals surface area (Å²) in [6, 6.07) is 10.5. The van der Waals surface area contributed by atoms with Crippen LogP contribution in [-0.4, -0.2) is 51.0 Å². The molecule has 0 atom stereocenters. The van der Waals surface area contributed by atoms with Crippen molar-refractivity contribution in [3.05, 3.63) is 63.4 Å². The average Bonchev–Trinajstić information content (AvgIpc) is 3.19. The number of aromatic nitrogens is 4. The zero-order valence-electron chi connectivity index (χ0n) is 17.7. The summed E-state index contributed by atoms with van der Waals surface area (Å²) in [5, 5.41) is 12.0. The van der Waals surface area contributed by atoms with Crippen LogP contribution in [0.25, 0.3) is 21.6 Å². The van der Waals surface area contributed by atoms with E-state index in [2.05, 4.69) is 37.7 Å². The van der Waals surface area contributed by atoms with E-state index in [4.69, 9.17) is 4.98 Å². The van der Waals surface area contributed by atoms with Crippen LogP contribution in [0.3, 0.4) is 0 Å². The molecule has 0 bridgehead atoms. The highest BCUT2D eigenvalue weighted by Crippen LogP contribution is 2.31. The summed E-state index contributed by atoms with van der Waals surface area (Å²) in [5.41, 5.74) is 1.67. The lowest BCUT2D eigenvalue weighted by Crippen LogP contribution is -2.47. The normalized spacial score (nSPS) is 14.2.